The molecule has 0 unspecified atom stereocenters. The third-order valence-electron chi connectivity index (χ3n) is 3.56. The van der Waals surface area contributed by atoms with Gasteiger partial charge >= 0.3 is 0 Å². The molecule has 0 saturated carbocycles. The maximum Gasteiger partial charge on any atom is 0.270 e. The van der Waals surface area contributed by atoms with Gasteiger partial charge < -0.3 is 15.0 Å². The van der Waals surface area contributed by atoms with E-state index in [-0.39, 0.29) is 5.91 Å². The molecule has 1 saturated heterocycles. The molecular weight excluding hydrogens is 280 g/mol. The quantitative estimate of drug-likeness (QED) is 0.920. The van der Waals surface area contributed by atoms with E-state index >= 15 is 0 Å². The molecule has 1 amide bonds. The smallest absolute Gasteiger partial charge is 0.270 e. The number of nitrogens with zero attached hydrogens (tertiary/aromatic N) is 3. The van der Waals surface area contributed by atoms with Gasteiger partial charge in [0, 0.05) is 32.0 Å². The van der Waals surface area contributed by atoms with Gasteiger partial charge in [0.15, 0.2) is 0 Å². The summed E-state index contributed by atoms with van der Waals surface area (Å²) in [5.74, 6) is -0.176. The van der Waals surface area contributed by atoms with Crippen molar-refractivity contribution in [3.63, 3.8) is 0 Å². The largest absolute Gasteiger partial charge is 0.378 e. The number of carbonyl (C=O) groups is 1. The molecule has 3 heterocycles. The molecular formula is C16H18N4O2. The second-order valence-electron chi connectivity index (χ2n) is 5.04. The molecule has 0 bridgehead atoms. The molecule has 6 heteroatoms. The van der Waals surface area contributed by atoms with Crippen molar-refractivity contribution in [1.82, 2.24) is 15.3 Å². The van der Waals surface area contributed by atoms with Gasteiger partial charge in [0.05, 0.1) is 25.1 Å². The van der Waals surface area contributed by atoms with Crippen LogP contribution < -0.4 is 10.2 Å². The molecule has 1 N–H and O–H groups in total. The summed E-state index contributed by atoms with van der Waals surface area (Å²) in [4.78, 5) is 22.5. The lowest BCUT2D eigenvalue weighted by atomic mass is 10.2. The first-order valence-electron chi connectivity index (χ1n) is 7.29. The summed E-state index contributed by atoms with van der Waals surface area (Å²) in [5.41, 5.74) is 2.45. The second kappa shape index (κ2) is 7.00. The molecule has 1 fully saturated rings. The van der Waals surface area contributed by atoms with E-state index in [1.54, 1.807) is 24.7 Å². The van der Waals surface area contributed by atoms with Gasteiger partial charge in [0.25, 0.3) is 5.91 Å². The number of morpholine rings is 1. The fourth-order valence-electron chi connectivity index (χ4n) is 2.30. The van der Waals surface area contributed by atoms with Crippen LogP contribution >= 0.6 is 0 Å². The average molecular weight is 298 g/mol. The number of rotatable bonds is 4. The Bertz CT molecular complexity index is 610. The Morgan fingerprint density at radius 1 is 1.18 bits per heavy atom. The summed E-state index contributed by atoms with van der Waals surface area (Å²) in [6.07, 6.45) is 5.15. The minimum atomic E-state index is -0.176. The monoisotopic (exact) mass is 298 g/mol. The zero-order valence-electron chi connectivity index (χ0n) is 12.2. The SMILES string of the molecule is O=C(NCc1ccncc1)c1ccc(N2CCOCC2)cn1. The van der Waals surface area contributed by atoms with E-state index in [4.69, 9.17) is 4.74 Å². The lowest BCUT2D eigenvalue weighted by Gasteiger charge is -2.28. The highest BCUT2D eigenvalue weighted by molar-refractivity contribution is 5.92. The van der Waals surface area contributed by atoms with E-state index in [1.165, 1.54) is 0 Å². The minimum Gasteiger partial charge on any atom is -0.378 e. The van der Waals surface area contributed by atoms with Gasteiger partial charge in [0.1, 0.15) is 5.69 Å². The number of hydrogen-bond donors (Lipinski definition) is 1. The molecule has 0 aromatic carbocycles. The Balaban J connectivity index is 1.58. The average Bonchev–Trinajstić information content (AvgIpc) is 2.61. The van der Waals surface area contributed by atoms with E-state index in [9.17, 15) is 4.79 Å². The van der Waals surface area contributed by atoms with Crippen molar-refractivity contribution in [2.24, 2.45) is 0 Å². The van der Waals surface area contributed by atoms with Gasteiger partial charge in [-0.2, -0.15) is 0 Å². The summed E-state index contributed by atoms with van der Waals surface area (Å²) in [7, 11) is 0. The highest BCUT2D eigenvalue weighted by Gasteiger charge is 2.13. The number of ether oxygens (including phenoxy) is 1. The van der Waals surface area contributed by atoms with Crippen molar-refractivity contribution >= 4 is 11.6 Å². The maximum atomic E-state index is 12.1. The van der Waals surface area contributed by atoms with Gasteiger partial charge in [-0.3, -0.25) is 9.78 Å². The lowest BCUT2D eigenvalue weighted by Crippen LogP contribution is -2.36. The van der Waals surface area contributed by atoms with Crippen LogP contribution in [0.25, 0.3) is 0 Å². The molecule has 0 atom stereocenters. The van der Waals surface area contributed by atoms with Crippen LogP contribution in [-0.2, 0) is 11.3 Å². The van der Waals surface area contributed by atoms with Crippen LogP contribution in [0.3, 0.4) is 0 Å². The first kappa shape index (κ1) is 14.5. The van der Waals surface area contributed by atoms with Crippen molar-refractivity contribution < 1.29 is 9.53 Å². The first-order valence-corrected chi connectivity index (χ1v) is 7.29. The van der Waals surface area contributed by atoms with Gasteiger partial charge in [0.2, 0.25) is 0 Å². The Hall–Kier alpha value is -2.47. The Morgan fingerprint density at radius 3 is 2.64 bits per heavy atom. The van der Waals surface area contributed by atoms with Crippen LogP contribution in [-0.4, -0.2) is 42.2 Å². The molecule has 1 aliphatic heterocycles. The number of carbonyl (C=O) groups excluding carboxylic acids is 1. The van der Waals surface area contributed by atoms with Crippen molar-refractivity contribution in [2.45, 2.75) is 6.54 Å². The normalized spacial score (nSPS) is 14.6. The summed E-state index contributed by atoms with van der Waals surface area (Å²) < 4.78 is 5.33. The van der Waals surface area contributed by atoms with Crippen molar-refractivity contribution in [3.8, 4) is 0 Å². The standard InChI is InChI=1S/C16H18N4O2/c21-16(19-11-13-3-5-17-6-4-13)15-2-1-14(12-18-15)20-7-9-22-10-8-20/h1-6,12H,7-11H2,(H,19,21). The van der Waals surface area contributed by atoms with Crippen LogP contribution in [0.15, 0.2) is 42.9 Å². The van der Waals surface area contributed by atoms with Crippen LogP contribution in [0.1, 0.15) is 16.1 Å². The van der Waals surface area contributed by atoms with Crippen LogP contribution in [0.2, 0.25) is 0 Å². The zero-order valence-corrected chi connectivity index (χ0v) is 12.2. The van der Waals surface area contributed by atoms with Crippen LogP contribution in [0, 0.1) is 0 Å². The molecule has 22 heavy (non-hydrogen) atoms. The highest BCUT2D eigenvalue weighted by atomic mass is 16.5. The Kier molecular flexibility index (Phi) is 4.60. The molecule has 0 aliphatic carbocycles. The van der Waals surface area contributed by atoms with E-state index in [1.807, 2.05) is 18.2 Å². The van der Waals surface area contributed by atoms with Crippen LogP contribution in [0.5, 0.6) is 0 Å². The third-order valence-corrected chi connectivity index (χ3v) is 3.56. The zero-order chi connectivity index (χ0) is 15.2. The molecule has 0 spiro atoms. The third kappa shape index (κ3) is 3.59. The van der Waals surface area contributed by atoms with Crippen LogP contribution in [0.4, 0.5) is 5.69 Å². The molecule has 3 rings (SSSR count). The minimum absolute atomic E-state index is 0.176. The van der Waals surface area contributed by atoms with E-state index < -0.39 is 0 Å². The molecule has 6 nitrogen and oxygen atoms in total. The van der Waals surface area contributed by atoms with Crippen molar-refractivity contribution in [3.05, 3.63) is 54.1 Å². The number of anilines is 1. The molecule has 0 radical (unpaired) electrons. The number of hydrogen-bond acceptors (Lipinski definition) is 5. The Labute approximate surface area is 129 Å². The predicted molar refractivity (Wildman–Crippen MR) is 82.7 cm³/mol. The van der Waals surface area contributed by atoms with E-state index in [0.29, 0.717) is 12.2 Å². The van der Waals surface area contributed by atoms with Gasteiger partial charge in [-0.05, 0) is 29.8 Å². The number of aromatic nitrogens is 2. The van der Waals surface area contributed by atoms with Gasteiger partial charge in [-0.1, -0.05) is 0 Å². The van der Waals surface area contributed by atoms with E-state index in [2.05, 4.69) is 20.2 Å². The topological polar surface area (TPSA) is 67.4 Å². The molecule has 2 aromatic rings. The number of nitrogens with one attached hydrogen (secondary N) is 1. The molecule has 114 valence electrons. The summed E-state index contributed by atoms with van der Waals surface area (Å²) in [5, 5.41) is 2.85. The number of pyridine rings is 2. The number of amides is 1. The van der Waals surface area contributed by atoms with Gasteiger partial charge in [-0.25, -0.2) is 4.98 Å². The first-order chi connectivity index (χ1) is 10.8. The lowest BCUT2D eigenvalue weighted by molar-refractivity contribution is 0.0946. The predicted octanol–water partition coefficient (Wildman–Crippen LogP) is 1.24. The van der Waals surface area contributed by atoms with Crippen molar-refractivity contribution in [1.29, 1.82) is 0 Å². The Morgan fingerprint density at radius 2 is 1.95 bits per heavy atom. The highest BCUT2D eigenvalue weighted by Crippen LogP contribution is 2.14. The molecule has 2 aromatic heterocycles. The fourth-order valence-corrected chi connectivity index (χ4v) is 2.30. The van der Waals surface area contributed by atoms with E-state index in [0.717, 1.165) is 37.6 Å². The van der Waals surface area contributed by atoms with Gasteiger partial charge in [-0.15, -0.1) is 0 Å². The molecule has 1 aliphatic rings. The second-order valence-corrected chi connectivity index (χ2v) is 5.04. The summed E-state index contributed by atoms with van der Waals surface area (Å²) in [6, 6.07) is 7.43. The summed E-state index contributed by atoms with van der Waals surface area (Å²) >= 11 is 0. The van der Waals surface area contributed by atoms with Crippen molar-refractivity contribution in [2.75, 3.05) is 31.2 Å². The maximum absolute atomic E-state index is 12.1. The summed E-state index contributed by atoms with van der Waals surface area (Å²) in [6.45, 7) is 3.64. The fraction of sp³-hybridized carbons (Fsp3) is 0.312.